The molecule has 0 saturated carbocycles. The quantitative estimate of drug-likeness (QED) is 0.0584. The Morgan fingerprint density at radius 1 is 0.415 bits per heavy atom. The first-order valence-electron chi connectivity index (χ1n) is 19.3. The molecule has 0 atom stereocenters. The van der Waals surface area contributed by atoms with Gasteiger partial charge in [0.25, 0.3) is 5.82 Å². The monoisotopic (exact) mass is 574 g/mol. The number of hydrogen-bond acceptors (Lipinski definition) is 0. The van der Waals surface area contributed by atoms with Crippen LogP contribution in [0.5, 0.6) is 0 Å². The summed E-state index contributed by atoms with van der Waals surface area (Å²) in [5, 5.41) is 0. The molecule has 0 aromatic carbocycles. The highest BCUT2D eigenvalue weighted by molar-refractivity contribution is 4.84. The molecule has 2 heteroatoms. The summed E-state index contributed by atoms with van der Waals surface area (Å²) in [5.74, 6) is 1.54. The van der Waals surface area contributed by atoms with Crippen LogP contribution in [0.2, 0.25) is 0 Å². The fourth-order valence-corrected chi connectivity index (χ4v) is 6.56. The fraction of sp³-hybridized carbons (Fsp3) is 0.923. The zero-order chi connectivity index (χ0) is 29.5. The van der Waals surface area contributed by atoms with Crippen molar-refractivity contribution in [2.24, 2.45) is 7.05 Å². The van der Waals surface area contributed by atoms with Crippen molar-refractivity contribution in [2.75, 3.05) is 0 Å². The van der Waals surface area contributed by atoms with Gasteiger partial charge >= 0.3 is 0 Å². The molecule has 0 amide bonds. The van der Waals surface area contributed by atoms with Gasteiger partial charge < -0.3 is 0 Å². The number of aromatic nitrogens is 2. The summed E-state index contributed by atoms with van der Waals surface area (Å²) in [7, 11) is 2.24. The van der Waals surface area contributed by atoms with Crippen LogP contribution < -0.4 is 4.57 Å². The number of hydrogen-bond donors (Lipinski definition) is 0. The molecule has 0 aliphatic carbocycles. The third-order valence-corrected chi connectivity index (χ3v) is 9.47. The number of unbranched alkanes of at least 4 members (excludes halogenated alkanes) is 29. The second-order valence-electron chi connectivity index (χ2n) is 13.5. The molecule has 0 radical (unpaired) electrons. The van der Waals surface area contributed by atoms with Crippen LogP contribution in [0.25, 0.3) is 0 Å². The van der Waals surface area contributed by atoms with Crippen LogP contribution >= 0.6 is 0 Å². The van der Waals surface area contributed by atoms with E-state index in [1.807, 2.05) is 0 Å². The summed E-state index contributed by atoms with van der Waals surface area (Å²) in [6.07, 6.45) is 50.6. The van der Waals surface area contributed by atoms with Crippen LogP contribution in [0.15, 0.2) is 12.4 Å². The predicted octanol–water partition coefficient (Wildman–Crippen LogP) is 13.0. The van der Waals surface area contributed by atoms with Crippen LogP contribution in [0.1, 0.15) is 219 Å². The van der Waals surface area contributed by atoms with E-state index in [0.29, 0.717) is 0 Å². The highest BCUT2D eigenvalue weighted by Gasteiger charge is 2.13. The second-order valence-corrected chi connectivity index (χ2v) is 13.5. The Hall–Kier alpha value is -0.790. The smallest absolute Gasteiger partial charge is 0.237 e. The minimum atomic E-state index is 1.22. The minimum absolute atomic E-state index is 1.22. The van der Waals surface area contributed by atoms with Gasteiger partial charge in [0.2, 0.25) is 0 Å². The SMILES string of the molecule is CCCCCCCCCCCCCCCCCCn1cc[n+](C)c1CCCCCCCCCCCCCCCCC. The van der Waals surface area contributed by atoms with Crippen molar-refractivity contribution in [3.63, 3.8) is 0 Å². The maximum atomic E-state index is 2.55. The van der Waals surface area contributed by atoms with E-state index in [0.717, 1.165) is 0 Å². The van der Waals surface area contributed by atoms with E-state index in [-0.39, 0.29) is 0 Å². The van der Waals surface area contributed by atoms with Crippen LogP contribution in [0.4, 0.5) is 0 Å². The van der Waals surface area contributed by atoms with Gasteiger partial charge in [0.1, 0.15) is 12.4 Å². The van der Waals surface area contributed by atoms with Crippen molar-refractivity contribution in [1.82, 2.24) is 4.57 Å². The number of aryl methyl sites for hydroxylation is 2. The Bertz CT molecular complexity index is 634. The molecule has 1 aromatic rings. The molecule has 1 aromatic heterocycles. The third-order valence-electron chi connectivity index (χ3n) is 9.47. The second kappa shape index (κ2) is 30.7. The lowest BCUT2D eigenvalue weighted by atomic mass is 10.0. The summed E-state index contributed by atoms with van der Waals surface area (Å²) < 4.78 is 4.92. The molecule has 41 heavy (non-hydrogen) atoms. The van der Waals surface area contributed by atoms with E-state index in [1.165, 1.54) is 212 Å². The van der Waals surface area contributed by atoms with Gasteiger partial charge in [-0.25, -0.2) is 9.13 Å². The van der Waals surface area contributed by atoms with Gasteiger partial charge in [-0.3, -0.25) is 0 Å². The summed E-state index contributed by atoms with van der Waals surface area (Å²) >= 11 is 0. The molecule has 0 saturated heterocycles. The lowest BCUT2D eigenvalue weighted by molar-refractivity contribution is -0.678. The van der Waals surface area contributed by atoms with E-state index < -0.39 is 0 Å². The first-order chi connectivity index (χ1) is 20.3. The largest absolute Gasteiger partial charge is 0.256 e. The van der Waals surface area contributed by atoms with Crippen molar-refractivity contribution in [3.05, 3.63) is 18.2 Å². The molecule has 0 N–H and O–H groups in total. The first kappa shape index (κ1) is 38.2. The summed E-state index contributed by atoms with van der Waals surface area (Å²) in [5.41, 5.74) is 0. The molecule has 0 aliphatic rings. The molecule has 242 valence electrons. The molecular weight excluding hydrogens is 496 g/mol. The van der Waals surface area contributed by atoms with E-state index in [2.05, 4.69) is 42.4 Å². The van der Waals surface area contributed by atoms with Crippen LogP contribution in [-0.2, 0) is 20.0 Å². The summed E-state index contributed by atoms with van der Waals surface area (Å²) in [6.45, 7) is 5.83. The molecule has 2 nitrogen and oxygen atoms in total. The predicted molar refractivity (Wildman–Crippen MR) is 184 cm³/mol. The fourth-order valence-electron chi connectivity index (χ4n) is 6.56. The molecule has 1 rings (SSSR count). The Morgan fingerprint density at radius 3 is 1.05 bits per heavy atom. The van der Waals surface area contributed by atoms with E-state index in [4.69, 9.17) is 0 Å². The summed E-state index contributed by atoms with van der Waals surface area (Å²) in [6, 6.07) is 0. The Morgan fingerprint density at radius 2 is 0.707 bits per heavy atom. The Balaban J connectivity index is 1.89. The van der Waals surface area contributed by atoms with Gasteiger partial charge in [-0.05, 0) is 19.3 Å². The third kappa shape index (κ3) is 24.4. The molecule has 0 spiro atoms. The topological polar surface area (TPSA) is 8.81 Å². The lowest BCUT2D eigenvalue weighted by Gasteiger charge is -2.05. The Kier molecular flexibility index (Phi) is 28.6. The van der Waals surface area contributed by atoms with E-state index in [9.17, 15) is 0 Å². The van der Waals surface area contributed by atoms with Crippen molar-refractivity contribution < 1.29 is 4.57 Å². The molecule has 1 heterocycles. The van der Waals surface area contributed by atoms with Gasteiger partial charge in [-0.15, -0.1) is 0 Å². The Labute approximate surface area is 259 Å². The molecular formula is C39H77N2+. The molecule has 0 aliphatic heterocycles. The van der Waals surface area contributed by atoms with Crippen LogP contribution in [0.3, 0.4) is 0 Å². The minimum Gasteiger partial charge on any atom is -0.237 e. The lowest BCUT2D eigenvalue weighted by Crippen LogP contribution is -2.32. The molecule has 0 bridgehead atoms. The first-order valence-corrected chi connectivity index (χ1v) is 19.3. The van der Waals surface area contributed by atoms with E-state index in [1.54, 1.807) is 5.82 Å². The standard InChI is InChI=1S/C39H77N2/c1-4-6-8-10-12-14-16-18-20-22-24-26-28-30-32-34-36-41-38-37-40(3)39(41)35-33-31-29-27-25-23-21-19-17-15-13-11-9-7-5-2/h37-38H,4-36H2,1-3H3/q+1. The van der Waals surface area contributed by atoms with Gasteiger partial charge in [0, 0.05) is 6.42 Å². The van der Waals surface area contributed by atoms with Gasteiger partial charge in [0.05, 0.1) is 13.6 Å². The normalized spacial score (nSPS) is 11.6. The number of imidazole rings is 1. The highest BCUT2D eigenvalue weighted by Crippen LogP contribution is 2.16. The highest BCUT2D eigenvalue weighted by atomic mass is 15.1. The van der Waals surface area contributed by atoms with Gasteiger partial charge in [-0.1, -0.05) is 194 Å². The number of nitrogens with zero attached hydrogens (tertiary/aromatic N) is 2. The van der Waals surface area contributed by atoms with Crippen LogP contribution in [-0.4, -0.2) is 4.57 Å². The van der Waals surface area contributed by atoms with Gasteiger partial charge in [-0.2, -0.15) is 0 Å². The average Bonchev–Trinajstić information content (AvgIpc) is 3.33. The van der Waals surface area contributed by atoms with Gasteiger partial charge in [0.15, 0.2) is 0 Å². The zero-order valence-electron chi connectivity index (χ0n) is 28.9. The van der Waals surface area contributed by atoms with Crippen molar-refractivity contribution >= 4 is 0 Å². The van der Waals surface area contributed by atoms with E-state index >= 15 is 0 Å². The van der Waals surface area contributed by atoms with Crippen molar-refractivity contribution in [1.29, 1.82) is 0 Å². The van der Waals surface area contributed by atoms with Crippen LogP contribution in [0, 0.1) is 0 Å². The zero-order valence-corrected chi connectivity index (χ0v) is 28.9. The summed E-state index contributed by atoms with van der Waals surface area (Å²) in [4.78, 5) is 0. The maximum absolute atomic E-state index is 2.55. The van der Waals surface area contributed by atoms with Crippen molar-refractivity contribution in [2.45, 2.75) is 226 Å². The number of rotatable bonds is 33. The maximum Gasteiger partial charge on any atom is 0.256 e. The average molecular weight is 574 g/mol. The van der Waals surface area contributed by atoms with Crippen molar-refractivity contribution in [3.8, 4) is 0 Å². The molecule has 0 fully saturated rings. The molecule has 0 unspecified atom stereocenters.